The quantitative estimate of drug-likeness (QED) is 0.445. The van der Waals surface area contributed by atoms with Gasteiger partial charge in [-0.05, 0) is 30.0 Å². The summed E-state index contributed by atoms with van der Waals surface area (Å²) >= 11 is 2.82. The molecule has 2 aromatic rings. The van der Waals surface area contributed by atoms with E-state index in [4.69, 9.17) is 0 Å². The monoisotopic (exact) mass is 400 g/mol. The van der Waals surface area contributed by atoms with E-state index in [2.05, 4.69) is 12.2 Å². The zero-order valence-electron chi connectivity index (χ0n) is 14.2. The molecule has 2 N–H and O–H groups in total. The van der Waals surface area contributed by atoms with Gasteiger partial charge in [0.2, 0.25) is 0 Å². The van der Waals surface area contributed by atoms with Crippen molar-refractivity contribution in [3.05, 3.63) is 47.2 Å². The van der Waals surface area contributed by atoms with Crippen molar-refractivity contribution in [3.8, 4) is 0 Å². The van der Waals surface area contributed by atoms with Crippen LogP contribution in [0.2, 0.25) is 0 Å². The number of nitrogens with zero attached hydrogens (tertiary/aromatic N) is 1. The Morgan fingerprint density at radius 1 is 1.28 bits per heavy atom. The smallest absolute Gasteiger partial charge is 0.252 e. The van der Waals surface area contributed by atoms with Gasteiger partial charge in [-0.25, -0.2) is 8.42 Å². The SMILES string of the molecule is CCCCSN(CC(O)CNc1ccsc1)S(=O)(=O)c1ccccc1. The second-order valence-corrected chi connectivity index (χ2v) is 9.52. The van der Waals surface area contributed by atoms with Gasteiger partial charge in [0.25, 0.3) is 10.0 Å². The zero-order valence-corrected chi connectivity index (χ0v) is 16.6. The van der Waals surface area contributed by atoms with Gasteiger partial charge in [-0.2, -0.15) is 11.3 Å². The minimum Gasteiger partial charge on any atom is -0.390 e. The number of anilines is 1. The number of rotatable bonds is 11. The van der Waals surface area contributed by atoms with Crippen molar-refractivity contribution in [1.82, 2.24) is 3.71 Å². The predicted octanol–water partition coefficient (Wildman–Crippen LogP) is 3.66. The molecule has 1 heterocycles. The van der Waals surface area contributed by atoms with E-state index in [1.54, 1.807) is 41.7 Å². The van der Waals surface area contributed by atoms with Crippen molar-refractivity contribution in [1.29, 1.82) is 0 Å². The maximum atomic E-state index is 12.9. The number of nitrogens with one attached hydrogen (secondary N) is 1. The van der Waals surface area contributed by atoms with E-state index in [1.807, 2.05) is 16.8 Å². The molecule has 2 rings (SSSR count). The lowest BCUT2D eigenvalue weighted by molar-refractivity contribution is 0.177. The summed E-state index contributed by atoms with van der Waals surface area (Å²) in [6.45, 7) is 2.41. The highest BCUT2D eigenvalue weighted by Crippen LogP contribution is 2.24. The van der Waals surface area contributed by atoms with Crippen LogP contribution in [0.4, 0.5) is 5.69 Å². The standard InChI is InChI=1S/C17H24N2O3S3/c1-2-3-10-24-19(25(21,22)17-7-5-4-6-8-17)13-16(20)12-18-15-9-11-23-14-15/h4-9,11,14,16,18,20H,2-3,10,12-13H2,1H3. The summed E-state index contributed by atoms with van der Waals surface area (Å²) in [4.78, 5) is 0.247. The highest BCUT2D eigenvalue weighted by Gasteiger charge is 2.27. The molecule has 0 saturated carbocycles. The number of benzene rings is 1. The highest BCUT2D eigenvalue weighted by molar-refractivity contribution is 8.08. The first-order valence-corrected chi connectivity index (χ1v) is 11.5. The van der Waals surface area contributed by atoms with Gasteiger partial charge >= 0.3 is 0 Å². The van der Waals surface area contributed by atoms with Crippen LogP contribution < -0.4 is 5.32 Å². The van der Waals surface area contributed by atoms with Crippen molar-refractivity contribution in [2.24, 2.45) is 0 Å². The summed E-state index contributed by atoms with van der Waals surface area (Å²) < 4.78 is 27.1. The number of unbranched alkanes of at least 4 members (excludes halogenated alkanes) is 1. The van der Waals surface area contributed by atoms with Gasteiger partial charge in [0.15, 0.2) is 0 Å². The van der Waals surface area contributed by atoms with Crippen molar-refractivity contribution in [2.45, 2.75) is 30.8 Å². The summed E-state index contributed by atoms with van der Waals surface area (Å²) in [6, 6.07) is 10.3. The molecule has 0 bridgehead atoms. The van der Waals surface area contributed by atoms with E-state index in [-0.39, 0.29) is 11.4 Å². The molecule has 1 aromatic carbocycles. The maximum Gasteiger partial charge on any atom is 0.252 e. The van der Waals surface area contributed by atoms with Crippen LogP contribution in [0.15, 0.2) is 52.1 Å². The molecule has 5 nitrogen and oxygen atoms in total. The number of hydrogen-bond acceptors (Lipinski definition) is 6. The van der Waals surface area contributed by atoms with Gasteiger partial charge in [-0.15, -0.1) is 3.71 Å². The summed E-state index contributed by atoms with van der Waals surface area (Å²) in [6.07, 6.45) is 1.12. The predicted molar refractivity (Wildman–Crippen MR) is 107 cm³/mol. The van der Waals surface area contributed by atoms with Gasteiger partial charge in [0, 0.05) is 23.4 Å². The highest BCUT2D eigenvalue weighted by atomic mass is 32.3. The largest absolute Gasteiger partial charge is 0.390 e. The molecule has 138 valence electrons. The lowest BCUT2D eigenvalue weighted by Crippen LogP contribution is -2.36. The molecular weight excluding hydrogens is 376 g/mol. The molecule has 0 aliphatic rings. The summed E-state index contributed by atoms with van der Waals surface area (Å²) in [7, 11) is -3.64. The Balaban J connectivity index is 2.04. The molecule has 0 aliphatic carbocycles. The minimum absolute atomic E-state index is 0.0444. The third kappa shape index (κ3) is 6.31. The third-order valence-electron chi connectivity index (χ3n) is 3.47. The Kier molecular flexibility index (Phi) is 8.25. The zero-order chi connectivity index (χ0) is 18.1. The number of aliphatic hydroxyl groups is 1. The van der Waals surface area contributed by atoms with Crippen LogP contribution in [0.1, 0.15) is 19.8 Å². The number of aliphatic hydroxyl groups excluding tert-OH is 1. The van der Waals surface area contributed by atoms with Crippen LogP contribution in [0.3, 0.4) is 0 Å². The van der Waals surface area contributed by atoms with E-state index in [0.29, 0.717) is 12.3 Å². The molecule has 8 heteroatoms. The second-order valence-electron chi connectivity index (χ2n) is 5.54. The van der Waals surface area contributed by atoms with E-state index in [0.717, 1.165) is 18.5 Å². The van der Waals surface area contributed by atoms with Crippen LogP contribution in [0.5, 0.6) is 0 Å². The Bertz CT molecular complexity index is 706. The molecule has 1 aromatic heterocycles. The van der Waals surface area contributed by atoms with Gasteiger partial charge in [-0.1, -0.05) is 43.5 Å². The number of sulfonamides is 1. The molecule has 0 amide bonds. The summed E-state index contributed by atoms with van der Waals surface area (Å²) in [5, 5.41) is 17.3. The van der Waals surface area contributed by atoms with E-state index >= 15 is 0 Å². The third-order valence-corrected chi connectivity index (χ3v) is 7.51. The van der Waals surface area contributed by atoms with Crippen LogP contribution >= 0.6 is 23.3 Å². The van der Waals surface area contributed by atoms with Gasteiger partial charge in [-0.3, -0.25) is 0 Å². The average Bonchev–Trinajstić information content (AvgIpc) is 3.13. The first-order chi connectivity index (χ1) is 12.0. The van der Waals surface area contributed by atoms with E-state index in [9.17, 15) is 13.5 Å². The lowest BCUT2D eigenvalue weighted by atomic mass is 10.3. The summed E-state index contributed by atoms with van der Waals surface area (Å²) in [5.74, 6) is 0.702. The molecule has 1 atom stereocenters. The normalized spacial score (nSPS) is 13.1. The number of thiophene rings is 1. The van der Waals surface area contributed by atoms with Crippen LogP contribution in [0, 0.1) is 0 Å². The Morgan fingerprint density at radius 3 is 2.68 bits per heavy atom. The molecule has 0 saturated heterocycles. The van der Waals surface area contributed by atoms with Crippen molar-refractivity contribution < 1.29 is 13.5 Å². The fraction of sp³-hybridized carbons (Fsp3) is 0.412. The molecule has 0 aliphatic heterocycles. The average molecular weight is 401 g/mol. The fourth-order valence-corrected chi connectivity index (χ4v) is 5.73. The van der Waals surface area contributed by atoms with Gasteiger partial charge in [0.05, 0.1) is 17.5 Å². The van der Waals surface area contributed by atoms with Crippen molar-refractivity contribution in [3.63, 3.8) is 0 Å². The van der Waals surface area contributed by atoms with E-state index in [1.165, 1.54) is 15.7 Å². The van der Waals surface area contributed by atoms with Crippen LogP contribution in [-0.4, -0.2) is 42.2 Å². The van der Waals surface area contributed by atoms with Crippen LogP contribution in [-0.2, 0) is 10.0 Å². The van der Waals surface area contributed by atoms with Crippen molar-refractivity contribution >= 4 is 39.0 Å². The Hall–Kier alpha value is -1.06. The molecule has 1 unspecified atom stereocenters. The molecular formula is C17H24N2O3S3. The topological polar surface area (TPSA) is 69.6 Å². The molecule has 0 fully saturated rings. The Labute approximate surface area is 158 Å². The van der Waals surface area contributed by atoms with Gasteiger partial charge in [0.1, 0.15) is 0 Å². The lowest BCUT2D eigenvalue weighted by Gasteiger charge is -2.24. The Morgan fingerprint density at radius 2 is 2.04 bits per heavy atom. The van der Waals surface area contributed by atoms with E-state index < -0.39 is 16.1 Å². The summed E-state index contributed by atoms with van der Waals surface area (Å²) in [5.41, 5.74) is 0.931. The van der Waals surface area contributed by atoms with Crippen LogP contribution in [0.25, 0.3) is 0 Å². The van der Waals surface area contributed by atoms with Crippen molar-refractivity contribution in [2.75, 3.05) is 24.2 Å². The maximum absolute atomic E-state index is 12.9. The molecule has 0 spiro atoms. The van der Waals surface area contributed by atoms with Gasteiger partial charge < -0.3 is 10.4 Å². The molecule has 25 heavy (non-hydrogen) atoms. The first-order valence-electron chi connectivity index (χ1n) is 8.19. The fourth-order valence-electron chi connectivity index (χ4n) is 2.08. The minimum atomic E-state index is -3.64. The molecule has 0 radical (unpaired) electrons. The second kappa shape index (κ2) is 10.2. The number of hydrogen-bond donors (Lipinski definition) is 2. The first kappa shape index (κ1) is 20.3.